The number of aryl methyl sites for hydroxylation is 3. The molecule has 0 radical (unpaired) electrons. The van der Waals surface area contributed by atoms with Crippen molar-refractivity contribution in [3.8, 4) is 22.6 Å². The van der Waals surface area contributed by atoms with Crippen LogP contribution in [-0.2, 0) is 10.0 Å². The number of nitrogens with one attached hydrogen (secondary N) is 1. The zero-order chi connectivity index (χ0) is 22.3. The molecule has 4 N–H and O–H groups in total. The predicted molar refractivity (Wildman–Crippen MR) is 119 cm³/mol. The first-order chi connectivity index (χ1) is 13.9. The highest BCUT2D eigenvalue weighted by molar-refractivity contribution is 7.89. The van der Waals surface area contributed by atoms with E-state index in [9.17, 15) is 13.5 Å². The maximum atomic E-state index is 12.7. The molecule has 3 aromatic rings. The van der Waals surface area contributed by atoms with Gasteiger partial charge >= 0.3 is 0 Å². The summed E-state index contributed by atoms with van der Waals surface area (Å²) in [6.07, 6.45) is 1.52. The van der Waals surface area contributed by atoms with E-state index in [1.165, 1.54) is 26.1 Å². The monoisotopic (exact) mass is 447 g/mol. The quantitative estimate of drug-likeness (QED) is 0.529. The van der Waals surface area contributed by atoms with E-state index in [2.05, 4.69) is 19.7 Å². The number of hydrogen-bond acceptors (Lipinski definition) is 8. The molecule has 0 saturated heterocycles. The molecule has 0 atom stereocenters. The summed E-state index contributed by atoms with van der Waals surface area (Å²) >= 11 is 1.55. The molecule has 10 heteroatoms. The van der Waals surface area contributed by atoms with Crippen LogP contribution in [0.3, 0.4) is 0 Å². The third kappa shape index (κ3) is 4.84. The highest BCUT2D eigenvalue weighted by atomic mass is 32.2. The van der Waals surface area contributed by atoms with Gasteiger partial charge in [0.2, 0.25) is 10.0 Å². The number of nitrogen functional groups attached to an aromatic ring is 1. The van der Waals surface area contributed by atoms with Crippen molar-refractivity contribution in [1.82, 2.24) is 19.7 Å². The Morgan fingerprint density at radius 2 is 1.87 bits per heavy atom. The first-order valence-corrected chi connectivity index (χ1v) is 11.6. The minimum absolute atomic E-state index is 0.0770. The van der Waals surface area contributed by atoms with E-state index in [0.717, 1.165) is 15.4 Å². The van der Waals surface area contributed by atoms with Crippen molar-refractivity contribution < 1.29 is 13.5 Å². The highest BCUT2D eigenvalue weighted by Gasteiger charge is 2.22. The van der Waals surface area contributed by atoms with Gasteiger partial charge < -0.3 is 10.8 Å². The van der Waals surface area contributed by atoms with Gasteiger partial charge in [0.15, 0.2) is 5.82 Å². The van der Waals surface area contributed by atoms with E-state index in [1.807, 2.05) is 20.8 Å². The average molecular weight is 448 g/mol. The van der Waals surface area contributed by atoms with Gasteiger partial charge in [-0.15, -0.1) is 11.3 Å². The van der Waals surface area contributed by atoms with Crippen molar-refractivity contribution >= 4 is 27.2 Å². The summed E-state index contributed by atoms with van der Waals surface area (Å²) in [6.45, 7) is 8.68. The van der Waals surface area contributed by atoms with Crippen molar-refractivity contribution in [2.75, 3.05) is 12.3 Å². The Hall–Kier alpha value is -2.40. The zero-order valence-corrected chi connectivity index (χ0v) is 19.1. The summed E-state index contributed by atoms with van der Waals surface area (Å²) in [7, 11) is -3.81. The second-order valence-corrected chi connectivity index (χ2v) is 10.9. The Balaban J connectivity index is 2.06. The van der Waals surface area contributed by atoms with Crippen LogP contribution in [0.5, 0.6) is 0 Å². The minimum atomic E-state index is -3.81. The SMILES string of the molecule is Cc1nc(-c2nc(-c3cc(S(=O)(=O)NCC(C)(C)O)ccc3C)cnc2N)c(C)s1. The molecule has 0 fully saturated rings. The lowest BCUT2D eigenvalue weighted by Gasteiger charge is -2.18. The zero-order valence-electron chi connectivity index (χ0n) is 17.5. The standard InChI is InChI=1S/C20H25N5O3S2/c1-11-6-7-14(30(27,28)23-10-20(4,5)26)8-15(11)16-9-22-19(21)18(25-16)17-12(2)29-13(3)24-17/h6-9,23,26H,10H2,1-5H3,(H2,21,22). The fourth-order valence-electron chi connectivity index (χ4n) is 2.85. The van der Waals surface area contributed by atoms with Crippen LogP contribution in [0.1, 0.15) is 29.3 Å². The molecule has 0 aliphatic rings. The molecule has 0 bridgehead atoms. The second kappa shape index (κ2) is 8.03. The number of sulfonamides is 1. The smallest absolute Gasteiger partial charge is 0.240 e. The van der Waals surface area contributed by atoms with Crippen LogP contribution in [-0.4, -0.2) is 40.6 Å². The van der Waals surface area contributed by atoms with E-state index in [1.54, 1.807) is 23.5 Å². The topological polar surface area (TPSA) is 131 Å². The van der Waals surface area contributed by atoms with Crippen LogP contribution in [0.15, 0.2) is 29.3 Å². The maximum Gasteiger partial charge on any atom is 0.240 e. The number of hydrogen-bond donors (Lipinski definition) is 3. The lowest BCUT2D eigenvalue weighted by molar-refractivity contribution is 0.0857. The summed E-state index contributed by atoms with van der Waals surface area (Å²) in [6, 6.07) is 4.78. The van der Waals surface area contributed by atoms with E-state index in [0.29, 0.717) is 22.6 Å². The number of anilines is 1. The number of thiazole rings is 1. The molecule has 30 heavy (non-hydrogen) atoms. The predicted octanol–water partition coefficient (Wildman–Crippen LogP) is 2.82. The Labute approximate surface area is 180 Å². The highest BCUT2D eigenvalue weighted by Crippen LogP contribution is 2.32. The normalized spacial score (nSPS) is 12.3. The summed E-state index contributed by atoms with van der Waals surface area (Å²) in [5, 5.41) is 10.7. The molecule has 2 aromatic heterocycles. The van der Waals surface area contributed by atoms with Crippen LogP contribution in [0, 0.1) is 20.8 Å². The average Bonchev–Trinajstić information content (AvgIpc) is 2.98. The van der Waals surface area contributed by atoms with Crippen molar-refractivity contribution in [3.63, 3.8) is 0 Å². The molecule has 0 spiro atoms. The van der Waals surface area contributed by atoms with Crippen LogP contribution in [0.4, 0.5) is 5.82 Å². The summed E-state index contributed by atoms with van der Waals surface area (Å²) in [5.41, 5.74) is 8.01. The Morgan fingerprint density at radius 3 is 2.47 bits per heavy atom. The van der Waals surface area contributed by atoms with Gasteiger partial charge in [-0.2, -0.15) is 0 Å². The van der Waals surface area contributed by atoms with Crippen molar-refractivity contribution in [1.29, 1.82) is 0 Å². The molecule has 160 valence electrons. The molecule has 0 saturated carbocycles. The van der Waals surface area contributed by atoms with Gasteiger partial charge in [0.25, 0.3) is 0 Å². The molecule has 0 amide bonds. The van der Waals surface area contributed by atoms with Crippen molar-refractivity contribution in [2.45, 2.75) is 45.1 Å². The molecule has 2 heterocycles. The van der Waals surface area contributed by atoms with Gasteiger partial charge in [-0.1, -0.05) is 6.07 Å². The summed E-state index contributed by atoms with van der Waals surface area (Å²) in [5.74, 6) is 0.264. The second-order valence-electron chi connectivity index (χ2n) is 7.74. The van der Waals surface area contributed by atoms with Gasteiger partial charge in [-0.3, -0.25) is 0 Å². The minimum Gasteiger partial charge on any atom is -0.389 e. The van der Waals surface area contributed by atoms with E-state index in [-0.39, 0.29) is 17.3 Å². The third-order valence-corrected chi connectivity index (χ3v) is 6.70. The summed E-state index contributed by atoms with van der Waals surface area (Å²) < 4.78 is 27.8. The molecule has 1 aromatic carbocycles. The number of benzene rings is 1. The van der Waals surface area contributed by atoms with Crippen LogP contribution < -0.4 is 10.5 Å². The van der Waals surface area contributed by atoms with Gasteiger partial charge in [0.05, 0.1) is 27.4 Å². The Kier molecular flexibility index (Phi) is 5.96. The van der Waals surface area contributed by atoms with Crippen LogP contribution in [0.25, 0.3) is 22.6 Å². The summed E-state index contributed by atoms with van der Waals surface area (Å²) in [4.78, 5) is 14.5. The van der Waals surface area contributed by atoms with Gasteiger partial charge in [-0.05, 0) is 52.3 Å². The number of aliphatic hydroxyl groups is 1. The van der Waals surface area contributed by atoms with Gasteiger partial charge in [0.1, 0.15) is 11.4 Å². The van der Waals surface area contributed by atoms with Gasteiger partial charge in [0, 0.05) is 17.0 Å². The van der Waals surface area contributed by atoms with E-state index < -0.39 is 15.6 Å². The third-order valence-electron chi connectivity index (χ3n) is 4.42. The van der Waals surface area contributed by atoms with E-state index >= 15 is 0 Å². The van der Waals surface area contributed by atoms with Crippen LogP contribution >= 0.6 is 11.3 Å². The van der Waals surface area contributed by atoms with Crippen molar-refractivity contribution in [2.24, 2.45) is 0 Å². The molecule has 0 unspecified atom stereocenters. The van der Waals surface area contributed by atoms with Crippen LogP contribution in [0.2, 0.25) is 0 Å². The fourth-order valence-corrected chi connectivity index (χ4v) is 4.90. The fraction of sp³-hybridized carbons (Fsp3) is 0.350. The number of nitrogens with zero attached hydrogens (tertiary/aromatic N) is 3. The Morgan fingerprint density at radius 1 is 1.17 bits per heavy atom. The molecule has 0 aliphatic heterocycles. The molecule has 8 nitrogen and oxygen atoms in total. The van der Waals surface area contributed by atoms with E-state index in [4.69, 9.17) is 5.73 Å². The van der Waals surface area contributed by atoms with Crippen molar-refractivity contribution in [3.05, 3.63) is 39.8 Å². The first kappa shape index (κ1) is 22.3. The maximum absolute atomic E-state index is 12.7. The first-order valence-electron chi connectivity index (χ1n) is 9.27. The molecule has 0 aliphatic carbocycles. The number of rotatable bonds is 6. The Bertz CT molecular complexity index is 1200. The molecule has 3 rings (SSSR count). The molecular weight excluding hydrogens is 422 g/mol. The number of nitrogens with two attached hydrogens (primary N) is 1. The van der Waals surface area contributed by atoms with Gasteiger partial charge in [-0.25, -0.2) is 28.1 Å². The lowest BCUT2D eigenvalue weighted by Crippen LogP contribution is -2.38. The molecular formula is C20H25N5O3S2. The largest absolute Gasteiger partial charge is 0.389 e. The lowest BCUT2D eigenvalue weighted by atomic mass is 10.1. The number of aromatic nitrogens is 3.